The Kier molecular flexibility index (Phi) is 6.36. The molecule has 0 bridgehead atoms. The first-order valence-corrected chi connectivity index (χ1v) is 12.6. The second-order valence-corrected chi connectivity index (χ2v) is 10.4. The predicted molar refractivity (Wildman–Crippen MR) is 138 cm³/mol. The lowest BCUT2D eigenvalue weighted by atomic mass is 9.72. The number of carbonyl (C=O) groups excluding carboxylic acids is 2. The van der Waals surface area contributed by atoms with Gasteiger partial charge in [0.25, 0.3) is 0 Å². The minimum atomic E-state index is -0.112. The molecule has 0 N–H and O–H groups in total. The Balaban J connectivity index is 1.13. The number of rotatable bonds is 4. The number of benzene rings is 1. The second-order valence-electron chi connectivity index (χ2n) is 10.4. The molecule has 2 saturated heterocycles. The maximum Gasteiger partial charge on any atom is 0.344 e. The van der Waals surface area contributed by atoms with Crippen LogP contribution in [0.15, 0.2) is 48.8 Å². The van der Waals surface area contributed by atoms with Crippen molar-refractivity contribution < 1.29 is 9.59 Å². The molecule has 7 heteroatoms. The molecule has 1 spiro atoms. The minimum Gasteiger partial charge on any atom is -0.323 e. The van der Waals surface area contributed by atoms with Crippen molar-refractivity contribution in [3.05, 3.63) is 65.5 Å². The molecule has 3 heterocycles. The number of anilines is 1. The van der Waals surface area contributed by atoms with Crippen LogP contribution in [0, 0.1) is 12.3 Å². The number of piperidine rings is 1. The van der Waals surface area contributed by atoms with Crippen molar-refractivity contribution in [1.82, 2.24) is 19.6 Å². The van der Waals surface area contributed by atoms with Crippen molar-refractivity contribution in [2.75, 3.05) is 38.1 Å². The summed E-state index contributed by atoms with van der Waals surface area (Å²) in [4.78, 5) is 30.4. The van der Waals surface area contributed by atoms with Crippen molar-refractivity contribution in [3.8, 4) is 0 Å². The summed E-state index contributed by atoms with van der Waals surface area (Å²) in [6, 6.07) is 6.81. The van der Waals surface area contributed by atoms with Crippen LogP contribution < -0.4 is 4.90 Å². The zero-order chi connectivity index (χ0) is 24.6. The summed E-state index contributed by atoms with van der Waals surface area (Å²) in [7, 11) is 1.68. The van der Waals surface area contributed by atoms with E-state index in [1.807, 2.05) is 4.90 Å². The summed E-state index contributed by atoms with van der Waals surface area (Å²) in [5, 5.41) is 4.18. The summed E-state index contributed by atoms with van der Waals surface area (Å²) in [6.45, 7) is 8.42. The molecule has 0 atom stereocenters. The van der Waals surface area contributed by atoms with Gasteiger partial charge >= 0.3 is 6.03 Å². The maximum atomic E-state index is 12.9. The maximum absolute atomic E-state index is 12.9. The molecule has 2 amide bonds. The SMILES string of the molecule is CC(=O)N(C)c1cnn(C(=O)N2CCC3(CC2)CN(Cc2ccc(C4=CC=CCC4)cc2C)C3)c1. The number of amides is 2. The van der Waals surface area contributed by atoms with E-state index in [1.165, 1.54) is 38.8 Å². The molecule has 35 heavy (non-hydrogen) atoms. The largest absolute Gasteiger partial charge is 0.344 e. The Labute approximate surface area is 207 Å². The van der Waals surface area contributed by atoms with Gasteiger partial charge in [-0.1, -0.05) is 36.4 Å². The summed E-state index contributed by atoms with van der Waals surface area (Å²) in [6.07, 6.45) is 14.1. The van der Waals surface area contributed by atoms with Gasteiger partial charge in [0.2, 0.25) is 5.91 Å². The van der Waals surface area contributed by atoms with E-state index in [1.54, 1.807) is 19.4 Å². The molecule has 0 unspecified atom stereocenters. The highest BCUT2D eigenvalue weighted by Gasteiger charge is 2.45. The van der Waals surface area contributed by atoms with Crippen LogP contribution >= 0.6 is 0 Å². The Morgan fingerprint density at radius 2 is 1.94 bits per heavy atom. The number of nitrogens with zero attached hydrogens (tertiary/aromatic N) is 5. The van der Waals surface area contributed by atoms with Crippen molar-refractivity contribution in [3.63, 3.8) is 0 Å². The van der Waals surface area contributed by atoms with Crippen LogP contribution in [0.5, 0.6) is 0 Å². The van der Waals surface area contributed by atoms with E-state index in [0.717, 1.165) is 58.4 Å². The average molecular weight is 474 g/mol. The van der Waals surface area contributed by atoms with Gasteiger partial charge in [-0.3, -0.25) is 9.69 Å². The molecule has 1 aliphatic carbocycles. The summed E-state index contributed by atoms with van der Waals surface area (Å²) in [5.41, 5.74) is 6.52. The molecule has 0 radical (unpaired) electrons. The normalized spacial score (nSPS) is 19.4. The number of carbonyl (C=O) groups is 2. The fourth-order valence-corrected chi connectivity index (χ4v) is 5.58. The van der Waals surface area contributed by atoms with Crippen LogP contribution in [0.1, 0.15) is 49.3 Å². The van der Waals surface area contributed by atoms with E-state index in [4.69, 9.17) is 0 Å². The molecular formula is C28H35N5O2. The summed E-state index contributed by atoms with van der Waals surface area (Å²) < 4.78 is 1.35. The van der Waals surface area contributed by atoms with Crippen LogP contribution in [-0.4, -0.2) is 64.7 Å². The smallest absolute Gasteiger partial charge is 0.323 e. The molecular weight excluding hydrogens is 438 g/mol. The highest BCUT2D eigenvalue weighted by atomic mass is 16.2. The van der Waals surface area contributed by atoms with E-state index >= 15 is 0 Å². The number of aromatic nitrogens is 2. The summed E-state index contributed by atoms with van der Waals surface area (Å²) in [5.74, 6) is -0.0865. The number of aryl methyl sites for hydroxylation is 1. The van der Waals surface area contributed by atoms with Gasteiger partial charge in [0, 0.05) is 46.7 Å². The van der Waals surface area contributed by atoms with Crippen molar-refractivity contribution >= 4 is 23.2 Å². The second kappa shape index (κ2) is 9.46. The summed E-state index contributed by atoms with van der Waals surface area (Å²) >= 11 is 0. The highest BCUT2D eigenvalue weighted by molar-refractivity contribution is 5.91. The molecule has 7 nitrogen and oxygen atoms in total. The van der Waals surface area contributed by atoms with Gasteiger partial charge in [-0.15, -0.1) is 0 Å². The Bertz CT molecular complexity index is 1180. The Morgan fingerprint density at radius 3 is 2.60 bits per heavy atom. The first-order valence-electron chi connectivity index (χ1n) is 12.6. The van der Waals surface area contributed by atoms with Crippen LogP contribution in [0.4, 0.5) is 10.5 Å². The number of likely N-dealkylation sites (tertiary alicyclic amines) is 2. The van der Waals surface area contributed by atoms with Crippen LogP contribution in [0.25, 0.3) is 5.57 Å². The number of hydrogen-bond acceptors (Lipinski definition) is 4. The third-order valence-electron chi connectivity index (χ3n) is 7.96. The molecule has 3 aliphatic rings. The predicted octanol–water partition coefficient (Wildman–Crippen LogP) is 4.47. The van der Waals surface area contributed by atoms with Gasteiger partial charge in [-0.05, 0) is 60.3 Å². The van der Waals surface area contributed by atoms with Gasteiger partial charge in [0.05, 0.1) is 18.1 Å². The number of allylic oxidation sites excluding steroid dienone is 4. The molecule has 0 saturated carbocycles. The first-order chi connectivity index (χ1) is 16.8. The molecule has 5 rings (SSSR count). The Morgan fingerprint density at radius 1 is 1.17 bits per heavy atom. The zero-order valence-electron chi connectivity index (χ0n) is 21.0. The fraction of sp³-hybridized carbons (Fsp3) is 0.464. The highest BCUT2D eigenvalue weighted by Crippen LogP contribution is 2.41. The van der Waals surface area contributed by atoms with Crippen LogP contribution in [0.2, 0.25) is 0 Å². The van der Waals surface area contributed by atoms with Gasteiger partial charge in [0.1, 0.15) is 0 Å². The third-order valence-corrected chi connectivity index (χ3v) is 7.96. The lowest BCUT2D eigenvalue weighted by Crippen LogP contribution is -2.60. The van der Waals surface area contributed by atoms with Crippen molar-refractivity contribution in [2.24, 2.45) is 5.41 Å². The van der Waals surface area contributed by atoms with Crippen molar-refractivity contribution in [1.29, 1.82) is 0 Å². The molecule has 184 valence electrons. The topological polar surface area (TPSA) is 61.7 Å². The van der Waals surface area contributed by atoms with Crippen LogP contribution in [-0.2, 0) is 11.3 Å². The minimum absolute atomic E-state index is 0.0865. The van der Waals surface area contributed by atoms with E-state index in [2.05, 4.69) is 53.3 Å². The van der Waals surface area contributed by atoms with E-state index < -0.39 is 0 Å². The monoisotopic (exact) mass is 473 g/mol. The van der Waals surface area contributed by atoms with E-state index in [-0.39, 0.29) is 11.9 Å². The quantitative estimate of drug-likeness (QED) is 0.657. The Hall–Kier alpha value is -3.19. The standard InChI is InChI=1S/C28H35N5O2/c1-21-15-24(23-7-5-4-6-8-23)9-10-25(21)17-31-19-28(20-31)11-13-32(14-12-28)27(35)33-18-26(16-29-33)30(3)22(2)34/h4-5,7,9-10,15-16,18H,6,8,11-14,17,19-20H2,1-3H3. The molecule has 2 aliphatic heterocycles. The lowest BCUT2D eigenvalue weighted by Gasteiger charge is -2.54. The average Bonchev–Trinajstić information content (AvgIpc) is 3.34. The lowest BCUT2D eigenvalue weighted by molar-refractivity contribution is -0.116. The van der Waals surface area contributed by atoms with E-state index in [9.17, 15) is 9.59 Å². The van der Waals surface area contributed by atoms with Crippen LogP contribution in [0.3, 0.4) is 0 Å². The molecule has 2 fully saturated rings. The zero-order valence-corrected chi connectivity index (χ0v) is 21.0. The molecule has 1 aromatic heterocycles. The number of hydrogen-bond donors (Lipinski definition) is 0. The van der Waals surface area contributed by atoms with E-state index in [0.29, 0.717) is 11.1 Å². The molecule has 1 aromatic carbocycles. The van der Waals surface area contributed by atoms with Crippen molar-refractivity contribution in [2.45, 2.75) is 46.1 Å². The molecule has 2 aromatic rings. The fourth-order valence-electron chi connectivity index (χ4n) is 5.58. The third kappa shape index (κ3) is 4.82. The van der Waals surface area contributed by atoms with Gasteiger partial charge in [-0.2, -0.15) is 9.78 Å². The first kappa shape index (κ1) is 23.5. The van der Waals surface area contributed by atoms with Gasteiger partial charge in [0.15, 0.2) is 0 Å². The van der Waals surface area contributed by atoms with Gasteiger partial charge in [-0.25, -0.2) is 4.79 Å². The van der Waals surface area contributed by atoms with Gasteiger partial charge < -0.3 is 9.80 Å².